The van der Waals surface area contributed by atoms with Gasteiger partial charge in [0, 0.05) is 26.4 Å². The highest BCUT2D eigenvalue weighted by Gasteiger charge is 2.26. The van der Waals surface area contributed by atoms with Crippen LogP contribution in [0.4, 0.5) is 0 Å². The highest BCUT2D eigenvalue weighted by Crippen LogP contribution is 2.29. The number of hydrogen-bond acceptors (Lipinski definition) is 7. The Bertz CT molecular complexity index is 814. The Morgan fingerprint density at radius 3 is 2.61 bits per heavy atom. The van der Waals surface area contributed by atoms with Gasteiger partial charge in [-0.3, -0.25) is 0 Å². The van der Waals surface area contributed by atoms with Gasteiger partial charge in [-0.05, 0) is 37.6 Å². The minimum absolute atomic E-state index is 0.468. The predicted molar refractivity (Wildman–Crippen MR) is 112 cm³/mol. The Kier molecular flexibility index (Phi) is 6.71. The smallest absolute Gasteiger partial charge is 0.161 e. The first-order valence-corrected chi connectivity index (χ1v) is 9.54. The number of aliphatic imine (C=N–C) groups is 2. The fourth-order valence-electron chi connectivity index (χ4n) is 3.01. The second-order valence-electron chi connectivity index (χ2n) is 6.41. The Morgan fingerprint density at radius 2 is 1.89 bits per heavy atom. The van der Waals surface area contributed by atoms with Crippen LogP contribution in [0.25, 0.3) is 6.08 Å². The number of likely N-dealkylation sites (N-methyl/N-ethyl adjacent to an activating group) is 1. The van der Waals surface area contributed by atoms with E-state index in [1.807, 2.05) is 30.4 Å². The fourth-order valence-corrected chi connectivity index (χ4v) is 3.01. The van der Waals surface area contributed by atoms with Crippen LogP contribution in [0.2, 0.25) is 0 Å². The lowest BCUT2D eigenvalue weighted by Crippen LogP contribution is -2.43. The number of ether oxygens (including phenoxy) is 3. The fraction of sp³-hybridized carbons (Fsp3) is 0.429. The van der Waals surface area contributed by atoms with Gasteiger partial charge in [0.05, 0.1) is 20.4 Å². The Morgan fingerprint density at radius 1 is 1.04 bits per heavy atom. The van der Waals surface area contributed by atoms with Crippen LogP contribution in [0.1, 0.15) is 19.4 Å². The van der Waals surface area contributed by atoms with Crippen molar-refractivity contribution in [3.63, 3.8) is 0 Å². The lowest BCUT2D eigenvalue weighted by molar-refractivity contribution is 0.144. The third kappa shape index (κ3) is 4.54. The summed E-state index contributed by atoms with van der Waals surface area (Å²) in [6, 6.07) is 5.81. The minimum atomic E-state index is 0.468. The molecule has 0 N–H and O–H groups in total. The van der Waals surface area contributed by atoms with Gasteiger partial charge in [0.25, 0.3) is 0 Å². The van der Waals surface area contributed by atoms with Crippen LogP contribution in [-0.4, -0.2) is 68.7 Å². The summed E-state index contributed by atoms with van der Waals surface area (Å²) in [6.07, 6.45) is 6.00. The quantitative estimate of drug-likeness (QED) is 0.613. The molecule has 0 radical (unpaired) electrons. The second-order valence-corrected chi connectivity index (χ2v) is 6.41. The van der Waals surface area contributed by atoms with Gasteiger partial charge < -0.3 is 24.0 Å². The third-order valence-electron chi connectivity index (χ3n) is 4.59. The number of nitrogens with zero attached hydrogens (tertiary/aromatic N) is 4. The van der Waals surface area contributed by atoms with Gasteiger partial charge in [-0.15, -0.1) is 0 Å². The zero-order valence-corrected chi connectivity index (χ0v) is 17.0. The topological polar surface area (TPSA) is 58.9 Å². The van der Waals surface area contributed by atoms with Crippen molar-refractivity contribution in [1.29, 1.82) is 0 Å². The monoisotopic (exact) mass is 384 g/mol. The molecule has 3 rings (SSSR count). The molecule has 7 heteroatoms. The van der Waals surface area contributed by atoms with Crippen molar-refractivity contribution in [3.05, 3.63) is 41.7 Å². The van der Waals surface area contributed by atoms with Crippen molar-refractivity contribution in [3.8, 4) is 11.5 Å². The van der Waals surface area contributed by atoms with E-state index in [2.05, 4.69) is 34.8 Å². The molecule has 0 unspecified atom stereocenters. The van der Waals surface area contributed by atoms with Gasteiger partial charge in [0.15, 0.2) is 23.2 Å². The molecule has 0 spiro atoms. The van der Waals surface area contributed by atoms with Gasteiger partial charge >= 0.3 is 0 Å². The summed E-state index contributed by atoms with van der Waals surface area (Å²) >= 11 is 0. The van der Waals surface area contributed by atoms with Crippen molar-refractivity contribution in [1.82, 2.24) is 9.80 Å². The molecule has 0 amide bonds. The molecule has 2 aliphatic rings. The van der Waals surface area contributed by atoms with Crippen LogP contribution in [0, 0.1) is 0 Å². The molecule has 0 saturated heterocycles. The molecule has 0 aromatic heterocycles. The van der Waals surface area contributed by atoms with E-state index >= 15 is 0 Å². The lowest BCUT2D eigenvalue weighted by atomic mass is 10.2. The maximum absolute atomic E-state index is 5.75. The first-order chi connectivity index (χ1) is 13.7. The van der Waals surface area contributed by atoms with E-state index in [1.54, 1.807) is 14.2 Å². The number of rotatable bonds is 9. The number of fused-ring (bicyclic) bond motifs is 1. The molecular weight excluding hydrogens is 356 g/mol. The van der Waals surface area contributed by atoms with Gasteiger partial charge in [-0.1, -0.05) is 12.1 Å². The first kappa shape index (κ1) is 19.9. The normalized spacial score (nSPS) is 16.1. The summed E-state index contributed by atoms with van der Waals surface area (Å²) in [4.78, 5) is 13.8. The first-order valence-electron chi connectivity index (χ1n) is 9.54. The van der Waals surface area contributed by atoms with Crippen molar-refractivity contribution < 1.29 is 14.2 Å². The standard InChI is InChI=1S/C21H28N4O3/c1-5-24-14-17-21(25(6-2)15-24)23-20(22-17)10-8-16-7-9-18(27-4)19(13-16)28-12-11-26-3/h7-10,13-14H,5-6,11-12,15H2,1-4H3. The van der Waals surface area contributed by atoms with E-state index < -0.39 is 0 Å². The Labute approximate surface area is 166 Å². The van der Waals surface area contributed by atoms with E-state index in [4.69, 9.17) is 19.2 Å². The van der Waals surface area contributed by atoms with E-state index in [1.165, 1.54) is 0 Å². The molecule has 1 aromatic rings. The second kappa shape index (κ2) is 9.41. The van der Waals surface area contributed by atoms with Gasteiger partial charge in [-0.2, -0.15) is 0 Å². The molecule has 0 fully saturated rings. The average molecular weight is 384 g/mol. The third-order valence-corrected chi connectivity index (χ3v) is 4.59. The van der Waals surface area contributed by atoms with Crippen molar-refractivity contribution >= 4 is 17.7 Å². The molecule has 0 saturated carbocycles. The summed E-state index contributed by atoms with van der Waals surface area (Å²) in [6.45, 7) is 7.97. The van der Waals surface area contributed by atoms with Gasteiger partial charge in [0.1, 0.15) is 12.3 Å². The highest BCUT2D eigenvalue weighted by atomic mass is 16.5. The highest BCUT2D eigenvalue weighted by molar-refractivity contribution is 6.16. The van der Waals surface area contributed by atoms with Crippen LogP contribution in [-0.2, 0) is 4.74 Å². The van der Waals surface area contributed by atoms with E-state index in [-0.39, 0.29) is 0 Å². The predicted octanol–water partition coefficient (Wildman–Crippen LogP) is 3.00. The minimum Gasteiger partial charge on any atom is -0.493 e. The molecule has 1 aromatic carbocycles. The van der Waals surface area contributed by atoms with E-state index in [0.717, 1.165) is 36.9 Å². The van der Waals surface area contributed by atoms with E-state index in [9.17, 15) is 0 Å². The summed E-state index contributed by atoms with van der Waals surface area (Å²) in [5, 5.41) is 0. The number of amidine groups is 2. The number of hydrogen-bond donors (Lipinski definition) is 0. The average Bonchev–Trinajstić information content (AvgIpc) is 3.14. The maximum atomic E-state index is 5.75. The summed E-state index contributed by atoms with van der Waals surface area (Å²) in [7, 11) is 3.28. The molecule has 0 atom stereocenters. The number of benzene rings is 1. The number of methoxy groups -OCH3 is 2. The molecule has 2 heterocycles. The van der Waals surface area contributed by atoms with Crippen LogP contribution in [0.3, 0.4) is 0 Å². The van der Waals surface area contributed by atoms with Crippen molar-refractivity contribution in [2.45, 2.75) is 13.8 Å². The Hall–Kier alpha value is -2.80. The largest absolute Gasteiger partial charge is 0.493 e. The van der Waals surface area contributed by atoms with E-state index in [0.29, 0.717) is 30.5 Å². The molecule has 150 valence electrons. The molecule has 7 nitrogen and oxygen atoms in total. The molecule has 0 bridgehead atoms. The van der Waals surface area contributed by atoms with Gasteiger partial charge in [-0.25, -0.2) is 9.98 Å². The molecule has 2 aliphatic heterocycles. The molecule has 0 aliphatic carbocycles. The lowest BCUT2D eigenvalue weighted by Gasteiger charge is -2.33. The molecule has 28 heavy (non-hydrogen) atoms. The zero-order valence-electron chi connectivity index (χ0n) is 17.0. The van der Waals surface area contributed by atoms with Crippen LogP contribution in [0.5, 0.6) is 11.5 Å². The van der Waals surface area contributed by atoms with Crippen molar-refractivity contribution in [2.24, 2.45) is 9.98 Å². The summed E-state index contributed by atoms with van der Waals surface area (Å²) < 4.78 is 16.2. The maximum Gasteiger partial charge on any atom is 0.161 e. The van der Waals surface area contributed by atoms with Gasteiger partial charge in [0.2, 0.25) is 0 Å². The van der Waals surface area contributed by atoms with Crippen LogP contribution >= 0.6 is 0 Å². The van der Waals surface area contributed by atoms with Crippen LogP contribution in [0.15, 0.2) is 46.2 Å². The zero-order chi connectivity index (χ0) is 19.9. The summed E-state index contributed by atoms with van der Waals surface area (Å²) in [5.74, 6) is 3.04. The van der Waals surface area contributed by atoms with Crippen molar-refractivity contribution in [2.75, 3.05) is 47.2 Å². The summed E-state index contributed by atoms with van der Waals surface area (Å²) in [5.41, 5.74) is 1.91. The molecular formula is C21H28N4O3. The SMILES string of the molecule is CCN1C=C2N=C(C=Cc3ccc(OC)c(OCCOC)c3)N=C2N(CC)C1. The van der Waals surface area contributed by atoms with Crippen LogP contribution < -0.4 is 9.47 Å². The Balaban J connectivity index is 1.77.